The van der Waals surface area contributed by atoms with E-state index in [1.807, 2.05) is 0 Å². The van der Waals surface area contributed by atoms with E-state index in [0.717, 1.165) is 29.3 Å². The van der Waals surface area contributed by atoms with Gasteiger partial charge in [0, 0.05) is 18.8 Å². The van der Waals surface area contributed by atoms with Crippen LogP contribution in [0.15, 0.2) is 42.6 Å². The summed E-state index contributed by atoms with van der Waals surface area (Å²) in [6, 6.07) is 3.47. The summed E-state index contributed by atoms with van der Waals surface area (Å²) in [6.45, 7) is 0.537. The van der Waals surface area contributed by atoms with Crippen LogP contribution in [0.2, 0.25) is 0 Å². The van der Waals surface area contributed by atoms with E-state index in [-0.39, 0.29) is 73.5 Å². The van der Waals surface area contributed by atoms with Crippen molar-refractivity contribution in [2.45, 2.75) is 82.0 Å². The Kier molecular flexibility index (Phi) is 12.5. The first-order valence-corrected chi connectivity index (χ1v) is 16.2. The van der Waals surface area contributed by atoms with Crippen molar-refractivity contribution >= 4 is 17.7 Å². The van der Waals surface area contributed by atoms with Gasteiger partial charge in [0.25, 0.3) is 0 Å². The Labute approximate surface area is 296 Å². The van der Waals surface area contributed by atoms with E-state index in [1.165, 1.54) is 0 Å². The number of aliphatic hydroxyl groups is 1. The Balaban J connectivity index is 1.81. The second-order valence-corrected chi connectivity index (χ2v) is 12.3. The summed E-state index contributed by atoms with van der Waals surface area (Å²) in [6.07, 6.45) is -15.1. The van der Waals surface area contributed by atoms with Crippen molar-refractivity contribution in [3.05, 3.63) is 81.9 Å². The SMILES string of the molecule is CC[C@]1(N)C[C@H](c2ncc(OCCO)c(Cc3cc(C(F)(F)F)cc(C(F)(F)F)c3)n2)c2cc(C(F)(F)F)ccc2N1C(=O)OCCCCCC(=O)O. The predicted molar refractivity (Wildman–Crippen MR) is 169 cm³/mol. The topological polar surface area (TPSA) is 148 Å². The largest absolute Gasteiger partial charge is 0.488 e. The number of unbranched alkanes of at least 4 members (excludes halogenated alkanes) is 2. The Bertz CT molecular complexity index is 1750. The van der Waals surface area contributed by atoms with Gasteiger partial charge >= 0.3 is 30.6 Å². The zero-order chi connectivity index (χ0) is 39.4. The molecule has 4 rings (SSSR count). The molecule has 0 unspecified atom stereocenters. The number of nitrogens with two attached hydrogens (primary N) is 1. The van der Waals surface area contributed by atoms with E-state index < -0.39 is 77.5 Å². The molecule has 0 fully saturated rings. The van der Waals surface area contributed by atoms with Gasteiger partial charge in [0.15, 0.2) is 5.75 Å². The third-order valence-electron chi connectivity index (χ3n) is 8.56. The van der Waals surface area contributed by atoms with Crippen LogP contribution >= 0.6 is 0 Å². The molecule has 4 N–H and O–H groups in total. The Morgan fingerprint density at radius 2 is 1.57 bits per heavy atom. The number of rotatable bonds is 13. The Morgan fingerprint density at radius 1 is 0.925 bits per heavy atom. The van der Waals surface area contributed by atoms with E-state index >= 15 is 0 Å². The van der Waals surface area contributed by atoms with E-state index in [9.17, 15) is 54.2 Å². The number of aliphatic carboxylic acids is 1. The maximum Gasteiger partial charge on any atom is 0.416 e. The van der Waals surface area contributed by atoms with Crippen LogP contribution in [0.3, 0.4) is 0 Å². The summed E-state index contributed by atoms with van der Waals surface area (Å²) < 4.78 is 135. The molecule has 0 spiro atoms. The first-order chi connectivity index (χ1) is 24.7. The van der Waals surface area contributed by atoms with Gasteiger partial charge in [-0.25, -0.2) is 14.8 Å². The maximum absolute atomic E-state index is 14.0. The molecule has 290 valence electrons. The maximum atomic E-state index is 14.0. The van der Waals surface area contributed by atoms with E-state index in [2.05, 4.69) is 9.97 Å². The van der Waals surface area contributed by atoms with Crippen molar-refractivity contribution in [2.24, 2.45) is 5.73 Å². The third-order valence-corrected chi connectivity index (χ3v) is 8.56. The molecule has 10 nitrogen and oxygen atoms in total. The van der Waals surface area contributed by atoms with Crippen LogP contribution in [0, 0.1) is 0 Å². The van der Waals surface area contributed by atoms with Crippen LogP contribution in [0.1, 0.15) is 90.7 Å². The van der Waals surface area contributed by atoms with E-state index in [4.69, 9.17) is 20.3 Å². The molecular formula is C34H35F9N4O6. The second kappa shape index (κ2) is 16.2. The van der Waals surface area contributed by atoms with Crippen LogP contribution in [0.25, 0.3) is 0 Å². The first-order valence-electron chi connectivity index (χ1n) is 16.2. The molecule has 0 bridgehead atoms. The van der Waals surface area contributed by atoms with Crippen LogP contribution in [0.5, 0.6) is 5.75 Å². The number of amides is 1. The average molecular weight is 767 g/mol. The van der Waals surface area contributed by atoms with E-state index in [0.29, 0.717) is 25.0 Å². The van der Waals surface area contributed by atoms with Crippen molar-refractivity contribution < 1.29 is 68.8 Å². The highest BCUT2D eigenvalue weighted by Gasteiger charge is 2.47. The summed E-state index contributed by atoms with van der Waals surface area (Å²) in [4.78, 5) is 33.9. The molecule has 1 aromatic heterocycles. The molecule has 2 atom stereocenters. The van der Waals surface area contributed by atoms with Gasteiger partial charge in [-0.3, -0.25) is 9.69 Å². The summed E-state index contributed by atoms with van der Waals surface area (Å²) in [5.74, 6) is -2.65. The third kappa shape index (κ3) is 10.1. The minimum Gasteiger partial charge on any atom is -0.488 e. The van der Waals surface area contributed by atoms with Crippen LogP contribution < -0.4 is 15.4 Å². The highest BCUT2D eigenvalue weighted by Crippen LogP contribution is 2.48. The molecule has 0 saturated carbocycles. The number of fused-ring (bicyclic) bond motifs is 1. The number of alkyl halides is 9. The standard InChI is InChI=1S/C34H35F9N4O6/c1-2-31(44)17-24(23-16-20(32(35,36)37)7-8-26(23)47(31)30(51)53-10-5-3-4-6-28(49)50)29-45-18-27(52-11-9-48)25(46-29)14-19-12-21(33(38,39)40)15-22(13-19)34(41,42)43/h7-8,12-13,15-16,18,24,48H,2-6,9-11,14,17,44H2,1H3,(H,49,50)/t24-,31+/m0/s1. The van der Waals surface area contributed by atoms with Crippen molar-refractivity contribution in [3.8, 4) is 5.75 Å². The fourth-order valence-corrected chi connectivity index (χ4v) is 5.91. The van der Waals surface area contributed by atoms with Gasteiger partial charge < -0.3 is 25.4 Å². The average Bonchev–Trinajstić information content (AvgIpc) is 3.07. The fraction of sp³-hybridized carbons (Fsp3) is 0.471. The Hall–Kier alpha value is -4.65. The van der Waals surface area contributed by atoms with Crippen LogP contribution in [0.4, 0.5) is 50.0 Å². The molecule has 1 amide bonds. The van der Waals surface area contributed by atoms with Crippen LogP contribution in [-0.4, -0.2) is 57.7 Å². The van der Waals surface area contributed by atoms with Gasteiger partial charge in [-0.2, -0.15) is 39.5 Å². The number of benzene rings is 2. The highest BCUT2D eigenvalue weighted by molar-refractivity contribution is 5.91. The zero-order valence-electron chi connectivity index (χ0n) is 28.0. The number of carboxylic acids is 1. The molecule has 53 heavy (non-hydrogen) atoms. The van der Waals surface area contributed by atoms with Crippen molar-refractivity contribution in [1.82, 2.24) is 9.97 Å². The van der Waals surface area contributed by atoms with Gasteiger partial charge in [-0.1, -0.05) is 6.92 Å². The van der Waals surface area contributed by atoms with Gasteiger partial charge in [0.05, 0.1) is 47.5 Å². The zero-order valence-corrected chi connectivity index (χ0v) is 28.0. The molecule has 0 radical (unpaired) electrons. The summed E-state index contributed by atoms with van der Waals surface area (Å²) >= 11 is 0. The van der Waals surface area contributed by atoms with Gasteiger partial charge in [0.1, 0.15) is 18.1 Å². The first kappa shape index (κ1) is 41.1. The summed E-state index contributed by atoms with van der Waals surface area (Å²) in [7, 11) is 0. The molecule has 0 aliphatic carbocycles. The quantitative estimate of drug-likeness (QED) is 0.118. The number of aromatic nitrogens is 2. The number of carboxylic acid groups (broad SMARTS) is 1. The van der Waals surface area contributed by atoms with Gasteiger partial charge in [0.2, 0.25) is 0 Å². The van der Waals surface area contributed by atoms with Gasteiger partial charge in [-0.15, -0.1) is 0 Å². The molecule has 0 saturated heterocycles. The monoisotopic (exact) mass is 766 g/mol. The number of aliphatic hydroxyl groups excluding tert-OH is 1. The lowest BCUT2D eigenvalue weighted by Crippen LogP contribution is -2.61. The van der Waals surface area contributed by atoms with Crippen LogP contribution in [-0.2, 0) is 34.5 Å². The summed E-state index contributed by atoms with van der Waals surface area (Å²) in [5.41, 5.74) is -0.100. The number of carbonyl (C=O) groups is 2. The molecule has 1 aliphatic rings. The molecule has 3 aromatic rings. The predicted octanol–water partition coefficient (Wildman–Crippen LogP) is 7.68. The van der Waals surface area contributed by atoms with Crippen molar-refractivity contribution in [2.75, 3.05) is 24.7 Å². The highest BCUT2D eigenvalue weighted by atomic mass is 19.4. The molecule has 1 aliphatic heterocycles. The van der Waals surface area contributed by atoms with Crippen molar-refractivity contribution in [3.63, 3.8) is 0 Å². The summed E-state index contributed by atoms with van der Waals surface area (Å²) in [5, 5.41) is 18.1. The number of nitrogens with zero attached hydrogens (tertiary/aromatic N) is 3. The smallest absolute Gasteiger partial charge is 0.416 e. The molecule has 2 aromatic carbocycles. The number of anilines is 1. The number of carbonyl (C=O) groups excluding carboxylic acids is 1. The number of hydrogen-bond acceptors (Lipinski definition) is 8. The normalized spacial score (nSPS) is 17.7. The Morgan fingerprint density at radius 3 is 2.13 bits per heavy atom. The second-order valence-electron chi connectivity index (χ2n) is 12.3. The minimum atomic E-state index is -5.15. The lowest BCUT2D eigenvalue weighted by molar-refractivity contribution is -0.143. The lowest BCUT2D eigenvalue weighted by atomic mass is 9.80. The van der Waals surface area contributed by atoms with Crippen molar-refractivity contribution in [1.29, 1.82) is 0 Å². The minimum absolute atomic E-state index is 0.0205. The molecular weight excluding hydrogens is 731 g/mol. The number of ether oxygens (including phenoxy) is 2. The number of halogens is 9. The molecule has 2 heterocycles. The number of hydrogen-bond donors (Lipinski definition) is 3. The lowest BCUT2D eigenvalue weighted by Gasteiger charge is -2.46. The fourth-order valence-electron chi connectivity index (χ4n) is 5.91. The van der Waals surface area contributed by atoms with Gasteiger partial charge in [-0.05, 0) is 79.6 Å². The van der Waals surface area contributed by atoms with E-state index in [1.54, 1.807) is 6.92 Å². The molecule has 19 heteroatoms.